The predicted molar refractivity (Wildman–Crippen MR) is 78.6 cm³/mol. The van der Waals surface area contributed by atoms with Crippen LogP contribution in [0.25, 0.3) is 0 Å². The summed E-state index contributed by atoms with van der Waals surface area (Å²) in [6.07, 6.45) is 3.01. The monoisotopic (exact) mass is 270 g/mol. The van der Waals surface area contributed by atoms with E-state index < -0.39 is 0 Å². The highest BCUT2D eigenvalue weighted by Gasteiger charge is 2.05. The topological polar surface area (TPSA) is 104 Å². The lowest BCUT2D eigenvalue weighted by Gasteiger charge is -2.12. The maximum atomic E-state index is 7.96. The van der Waals surface area contributed by atoms with Gasteiger partial charge in [0, 0.05) is 18.9 Å². The molecule has 6 nitrogen and oxygen atoms in total. The van der Waals surface area contributed by atoms with E-state index in [9.17, 15) is 0 Å². The summed E-state index contributed by atoms with van der Waals surface area (Å²) >= 11 is 0. The van der Waals surface area contributed by atoms with Crippen LogP contribution in [-0.2, 0) is 6.54 Å². The summed E-state index contributed by atoms with van der Waals surface area (Å²) in [5.74, 6) is 0.204. The van der Waals surface area contributed by atoms with Gasteiger partial charge in [-0.25, -0.2) is 4.98 Å². The van der Waals surface area contributed by atoms with Gasteiger partial charge in [0.05, 0.1) is 0 Å². The van der Waals surface area contributed by atoms with Crippen LogP contribution in [-0.4, -0.2) is 15.5 Å². The number of nitrogens with one attached hydrogen (secondary N) is 3. The molecule has 0 aliphatic rings. The van der Waals surface area contributed by atoms with Crippen molar-refractivity contribution < 1.29 is 0 Å². The molecule has 6 heteroatoms. The highest BCUT2D eigenvalue weighted by atomic mass is 15.2. The van der Waals surface area contributed by atoms with Crippen LogP contribution in [0.15, 0.2) is 30.6 Å². The molecule has 1 heterocycles. The SMILES string of the molecule is Cc1cccc(CNc2nccn(C(=N)N)c2=N)c1C. The average molecular weight is 270 g/mol. The highest BCUT2D eigenvalue weighted by molar-refractivity contribution is 5.77. The fourth-order valence-electron chi connectivity index (χ4n) is 1.94. The van der Waals surface area contributed by atoms with E-state index in [0.717, 1.165) is 5.56 Å². The minimum Gasteiger partial charge on any atom is -0.369 e. The van der Waals surface area contributed by atoms with E-state index in [4.69, 9.17) is 16.6 Å². The lowest BCUT2D eigenvalue weighted by molar-refractivity contribution is 0.911. The Morgan fingerprint density at radius 2 is 2.15 bits per heavy atom. The van der Waals surface area contributed by atoms with Crippen molar-refractivity contribution in [1.82, 2.24) is 9.55 Å². The first kappa shape index (κ1) is 13.8. The smallest absolute Gasteiger partial charge is 0.198 e. The number of nitrogens with two attached hydrogens (primary N) is 1. The van der Waals surface area contributed by atoms with Crippen molar-refractivity contribution in [2.45, 2.75) is 20.4 Å². The molecule has 0 amide bonds. The van der Waals surface area contributed by atoms with Gasteiger partial charge in [-0.2, -0.15) is 0 Å². The van der Waals surface area contributed by atoms with Crippen LogP contribution in [0.3, 0.4) is 0 Å². The molecule has 0 bridgehead atoms. The molecule has 2 rings (SSSR count). The summed E-state index contributed by atoms with van der Waals surface area (Å²) in [5.41, 5.74) is 9.09. The molecule has 2 aromatic rings. The normalized spacial score (nSPS) is 10.3. The van der Waals surface area contributed by atoms with E-state index in [1.54, 1.807) is 0 Å². The van der Waals surface area contributed by atoms with Gasteiger partial charge in [0.15, 0.2) is 17.3 Å². The van der Waals surface area contributed by atoms with Gasteiger partial charge in [-0.15, -0.1) is 0 Å². The van der Waals surface area contributed by atoms with Gasteiger partial charge < -0.3 is 11.1 Å². The predicted octanol–water partition coefficient (Wildman–Crippen LogP) is 1.33. The highest BCUT2D eigenvalue weighted by Crippen LogP contribution is 2.13. The molecular weight excluding hydrogens is 252 g/mol. The minimum atomic E-state index is -0.202. The Balaban J connectivity index is 2.24. The lowest BCUT2D eigenvalue weighted by Crippen LogP contribution is -2.33. The summed E-state index contributed by atoms with van der Waals surface area (Å²) in [6, 6.07) is 6.12. The molecule has 0 spiro atoms. The average Bonchev–Trinajstić information content (AvgIpc) is 2.41. The van der Waals surface area contributed by atoms with Gasteiger partial charge in [0.1, 0.15) is 0 Å². The quantitative estimate of drug-likeness (QED) is 0.499. The Labute approximate surface area is 117 Å². The molecule has 1 aromatic heterocycles. The molecule has 0 unspecified atom stereocenters. The number of hydrogen-bond acceptors (Lipinski definition) is 4. The molecule has 0 saturated carbocycles. The van der Waals surface area contributed by atoms with Crippen LogP contribution in [0.2, 0.25) is 0 Å². The Morgan fingerprint density at radius 3 is 2.85 bits per heavy atom. The lowest BCUT2D eigenvalue weighted by atomic mass is 10.0. The van der Waals surface area contributed by atoms with E-state index in [1.807, 2.05) is 12.1 Å². The number of hydrogen-bond donors (Lipinski definition) is 4. The largest absolute Gasteiger partial charge is 0.369 e. The number of nitrogens with zero attached hydrogens (tertiary/aromatic N) is 2. The number of aromatic nitrogens is 2. The molecular formula is C14H18N6. The maximum Gasteiger partial charge on any atom is 0.198 e. The zero-order valence-corrected chi connectivity index (χ0v) is 11.6. The van der Waals surface area contributed by atoms with E-state index in [-0.39, 0.29) is 11.4 Å². The second kappa shape index (κ2) is 5.56. The van der Waals surface area contributed by atoms with Crippen molar-refractivity contribution in [2.75, 3.05) is 5.32 Å². The molecule has 0 aliphatic carbocycles. The van der Waals surface area contributed by atoms with Crippen molar-refractivity contribution in [3.05, 3.63) is 52.8 Å². The molecule has 1 aromatic carbocycles. The number of anilines is 1. The van der Waals surface area contributed by atoms with E-state index in [2.05, 4.69) is 30.2 Å². The standard InChI is InChI=1S/C14H18N6/c1-9-4-3-5-11(10(9)2)8-19-13-12(15)20(14(16)17)7-6-18-13/h3-7,15H,8H2,1-2H3,(H3,16,17)(H,18,19). The third-order valence-corrected chi connectivity index (χ3v) is 3.31. The van der Waals surface area contributed by atoms with Gasteiger partial charge in [-0.1, -0.05) is 18.2 Å². The molecule has 20 heavy (non-hydrogen) atoms. The molecule has 104 valence electrons. The summed E-state index contributed by atoms with van der Waals surface area (Å²) in [6.45, 7) is 4.72. The Hall–Kier alpha value is -2.63. The Bertz CT molecular complexity index is 701. The molecule has 0 atom stereocenters. The third-order valence-electron chi connectivity index (χ3n) is 3.31. The van der Waals surface area contributed by atoms with Crippen LogP contribution in [0.4, 0.5) is 5.82 Å². The van der Waals surface area contributed by atoms with Crippen molar-refractivity contribution in [2.24, 2.45) is 5.73 Å². The summed E-state index contributed by atoms with van der Waals surface area (Å²) in [7, 11) is 0. The summed E-state index contributed by atoms with van der Waals surface area (Å²) in [4.78, 5) is 4.12. The van der Waals surface area contributed by atoms with Gasteiger partial charge in [-0.05, 0) is 30.5 Å². The van der Waals surface area contributed by atoms with Gasteiger partial charge in [-0.3, -0.25) is 15.4 Å². The third kappa shape index (κ3) is 2.69. The first-order valence-electron chi connectivity index (χ1n) is 6.26. The van der Waals surface area contributed by atoms with Crippen LogP contribution in [0.1, 0.15) is 16.7 Å². The fraction of sp³-hybridized carbons (Fsp3) is 0.214. The molecule has 0 saturated heterocycles. The number of benzene rings is 1. The number of nitrogen functional groups attached to an aromatic ring is 1. The number of rotatable bonds is 3. The number of aryl methyl sites for hydroxylation is 1. The van der Waals surface area contributed by atoms with Crippen molar-refractivity contribution >= 4 is 11.8 Å². The van der Waals surface area contributed by atoms with Crippen LogP contribution in [0.5, 0.6) is 0 Å². The molecule has 0 radical (unpaired) electrons. The van der Waals surface area contributed by atoms with Crippen molar-refractivity contribution in [3.63, 3.8) is 0 Å². The zero-order chi connectivity index (χ0) is 14.7. The van der Waals surface area contributed by atoms with Crippen LogP contribution < -0.4 is 16.5 Å². The van der Waals surface area contributed by atoms with Crippen LogP contribution in [0, 0.1) is 24.7 Å². The van der Waals surface area contributed by atoms with Gasteiger partial charge >= 0.3 is 0 Å². The van der Waals surface area contributed by atoms with Gasteiger partial charge in [0.25, 0.3) is 0 Å². The first-order valence-corrected chi connectivity index (χ1v) is 6.26. The Morgan fingerprint density at radius 1 is 1.40 bits per heavy atom. The maximum absolute atomic E-state index is 7.96. The molecule has 0 fully saturated rings. The van der Waals surface area contributed by atoms with E-state index in [0.29, 0.717) is 12.4 Å². The van der Waals surface area contributed by atoms with Crippen molar-refractivity contribution in [1.29, 1.82) is 10.8 Å². The fourth-order valence-corrected chi connectivity index (χ4v) is 1.94. The zero-order valence-electron chi connectivity index (χ0n) is 11.6. The first-order chi connectivity index (χ1) is 9.50. The Kier molecular flexibility index (Phi) is 3.84. The van der Waals surface area contributed by atoms with Gasteiger partial charge in [0.2, 0.25) is 0 Å². The second-order valence-corrected chi connectivity index (χ2v) is 4.59. The second-order valence-electron chi connectivity index (χ2n) is 4.59. The van der Waals surface area contributed by atoms with Crippen molar-refractivity contribution in [3.8, 4) is 0 Å². The van der Waals surface area contributed by atoms with E-state index in [1.165, 1.54) is 28.1 Å². The summed E-state index contributed by atoms with van der Waals surface area (Å²) in [5, 5.41) is 18.5. The molecule has 5 N–H and O–H groups in total. The molecule has 0 aliphatic heterocycles. The van der Waals surface area contributed by atoms with E-state index >= 15 is 0 Å². The minimum absolute atomic E-state index is 0.0744. The summed E-state index contributed by atoms with van der Waals surface area (Å²) < 4.78 is 1.26. The van der Waals surface area contributed by atoms with Crippen LogP contribution >= 0.6 is 0 Å².